The summed E-state index contributed by atoms with van der Waals surface area (Å²) in [5, 5.41) is 0.613. The molecule has 1 aromatic heterocycles. The molecule has 0 amide bonds. The van der Waals surface area contributed by atoms with Crippen molar-refractivity contribution in [1.29, 1.82) is 0 Å². The number of aromatic nitrogens is 2. The Morgan fingerprint density at radius 3 is 2.35 bits per heavy atom. The predicted molar refractivity (Wildman–Crippen MR) is 86.9 cm³/mol. The average molecular weight is 362 g/mol. The first kappa shape index (κ1) is 17.4. The Hall–Kier alpha value is -1.92. The normalized spacial score (nSPS) is 11.5. The van der Waals surface area contributed by atoms with Gasteiger partial charge in [0.1, 0.15) is 0 Å². The molecule has 3 nitrogen and oxygen atoms in total. The Morgan fingerprint density at radius 2 is 1.74 bits per heavy atom. The second-order valence-corrected chi connectivity index (χ2v) is 5.32. The Bertz CT molecular complexity index is 826. The van der Waals surface area contributed by atoms with Gasteiger partial charge in [0.25, 0.3) is 0 Å². The van der Waals surface area contributed by atoms with Gasteiger partial charge in [-0.2, -0.15) is 13.2 Å². The fraction of sp³-hybridized carbons (Fsp3) is 0.133. The van der Waals surface area contributed by atoms with E-state index in [-0.39, 0.29) is 23.9 Å². The van der Waals surface area contributed by atoms with Gasteiger partial charge in [0.15, 0.2) is 0 Å². The zero-order chi connectivity index (χ0) is 15.9. The molecule has 3 rings (SSSR count). The quantitative estimate of drug-likeness (QED) is 0.714. The summed E-state index contributed by atoms with van der Waals surface area (Å²) >= 11 is 5.83. The van der Waals surface area contributed by atoms with E-state index < -0.39 is 11.7 Å². The lowest BCUT2D eigenvalue weighted by Gasteiger charge is -2.08. The van der Waals surface area contributed by atoms with Crippen LogP contribution in [0.3, 0.4) is 0 Å². The van der Waals surface area contributed by atoms with Crippen molar-refractivity contribution < 1.29 is 13.2 Å². The molecule has 0 unspecified atom stereocenters. The van der Waals surface area contributed by atoms with E-state index in [1.54, 1.807) is 16.7 Å². The molecule has 23 heavy (non-hydrogen) atoms. The molecule has 0 fully saturated rings. The van der Waals surface area contributed by atoms with Crippen LogP contribution in [-0.2, 0) is 12.7 Å². The topological polar surface area (TPSA) is 43.8 Å². The second-order valence-electron chi connectivity index (χ2n) is 4.88. The molecule has 2 N–H and O–H groups in total. The van der Waals surface area contributed by atoms with Crippen LogP contribution < -0.4 is 5.73 Å². The van der Waals surface area contributed by atoms with E-state index in [0.717, 1.165) is 17.7 Å². The van der Waals surface area contributed by atoms with Crippen LogP contribution in [0.5, 0.6) is 0 Å². The monoisotopic (exact) mass is 361 g/mol. The summed E-state index contributed by atoms with van der Waals surface area (Å²) in [4.78, 5) is 4.02. The molecule has 0 spiro atoms. The zero-order valence-corrected chi connectivity index (χ0v) is 13.2. The van der Waals surface area contributed by atoms with Gasteiger partial charge in [0.2, 0.25) is 5.95 Å². The van der Waals surface area contributed by atoms with Gasteiger partial charge in [0, 0.05) is 5.02 Å². The van der Waals surface area contributed by atoms with Crippen LogP contribution in [0.2, 0.25) is 5.02 Å². The van der Waals surface area contributed by atoms with Crippen molar-refractivity contribution >= 4 is 41.0 Å². The number of alkyl halides is 3. The molecule has 122 valence electrons. The number of nitrogens with zero attached hydrogens (tertiary/aromatic N) is 2. The Morgan fingerprint density at radius 1 is 1.09 bits per heavy atom. The number of benzene rings is 2. The smallest absolute Gasteiger partial charge is 0.369 e. The van der Waals surface area contributed by atoms with Gasteiger partial charge < -0.3 is 10.3 Å². The van der Waals surface area contributed by atoms with Crippen LogP contribution in [0.1, 0.15) is 11.1 Å². The highest BCUT2D eigenvalue weighted by Gasteiger charge is 2.31. The van der Waals surface area contributed by atoms with Gasteiger partial charge in [-0.15, -0.1) is 12.4 Å². The Balaban J connectivity index is 0.00000192. The maximum absolute atomic E-state index is 12.7. The minimum Gasteiger partial charge on any atom is -0.369 e. The molecule has 0 radical (unpaired) electrons. The van der Waals surface area contributed by atoms with Crippen LogP contribution in [0.15, 0.2) is 42.5 Å². The van der Waals surface area contributed by atoms with Gasteiger partial charge in [-0.05, 0) is 35.9 Å². The van der Waals surface area contributed by atoms with E-state index in [2.05, 4.69) is 4.98 Å². The van der Waals surface area contributed by atoms with Crippen molar-refractivity contribution in [3.63, 3.8) is 0 Å². The average Bonchev–Trinajstić information content (AvgIpc) is 2.76. The summed E-state index contributed by atoms with van der Waals surface area (Å²) in [6.07, 6.45) is -4.40. The summed E-state index contributed by atoms with van der Waals surface area (Å²) in [6.45, 7) is 0.408. The molecule has 0 aliphatic carbocycles. The first-order chi connectivity index (χ1) is 10.3. The van der Waals surface area contributed by atoms with Gasteiger partial charge in [-0.25, -0.2) is 4.98 Å². The molecule has 0 atom stereocenters. The molecule has 0 saturated heterocycles. The van der Waals surface area contributed by atoms with E-state index in [1.165, 1.54) is 6.07 Å². The van der Waals surface area contributed by atoms with Crippen molar-refractivity contribution in [3.05, 3.63) is 58.6 Å². The maximum Gasteiger partial charge on any atom is 0.416 e. The molecule has 0 bridgehead atoms. The number of anilines is 1. The molecule has 0 saturated carbocycles. The Kier molecular flexibility index (Phi) is 4.77. The third kappa shape index (κ3) is 3.54. The largest absolute Gasteiger partial charge is 0.416 e. The molecule has 0 aliphatic heterocycles. The molecule has 1 heterocycles. The van der Waals surface area contributed by atoms with Gasteiger partial charge >= 0.3 is 6.18 Å². The van der Waals surface area contributed by atoms with Crippen molar-refractivity contribution in [2.24, 2.45) is 0 Å². The highest BCUT2D eigenvalue weighted by molar-refractivity contribution is 6.30. The third-order valence-corrected chi connectivity index (χ3v) is 3.61. The highest BCUT2D eigenvalue weighted by atomic mass is 35.5. The van der Waals surface area contributed by atoms with Crippen molar-refractivity contribution in [2.45, 2.75) is 12.7 Å². The molecular weight excluding hydrogens is 350 g/mol. The summed E-state index contributed by atoms with van der Waals surface area (Å²) in [7, 11) is 0. The number of rotatable bonds is 2. The van der Waals surface area contributed by atoms with E-state index >= 15 is 0 Å². The van der Waals surface area contributed by atoms with Crippen molar-refractivity contribution in [1.82, 2.24) is 9.55 Å². The van der Waals surface area contributed by atoms with Crippen LogP contribution in [0.25, 0.3) is 11.0 Å². The number of fused-ring (bicyclic) bond motifs is 1. The number of imidazole rings is 1. The van der Waals surface area contributed by atoms with E-state index in [4.69, 9.17) is 17.3 Å². The number of hydrogen-bond donors (Lipinski definition) is 1. The molecular formula is C15H12Cl2F3N3. The van der Waals surface area contributed by atoms with Gasteiger partial charge in [0.05, 0.1) is 23.1 Å². The van der Waals surface area contributed by atoms with E-state index in [9.17, 15) is 13.2 Å². The SMILES string of the molecule is Cl.Nc1nc2cc(C(F)(F)F)ccc2n1Cc1ccc(Cl)cc1. The maximum atomic E-state index is 12.7. The summed E-state index contributed by atoms with van der Waals surface area (Å²) in [5.41, 5.74) is 6.80. The molecule has 8 heteroatoms. The summed E-state index contributed by atoms with van der Waals surface area (Å²) < 4.78 is 39.9. The summed E-state index contributed by atoms with van der Waals surface area (Å²) in [5.74, 6) is 0.171. The van der Waals surface area contributed by atoms with Crippen LogP contribution >= 0.6 is 24.0 Å². The predicted octanol–water partition coefficient (Wildman–Crippen LogP) is 4.76. The first-order valence-corrected chi connectivity index (χ1v) is 6.80. The third-order valence-electron chi connectivity index (χ3n) is 3.36. The zero-order valence-electron chi connectivity index (χ0n) is 11.6. The lowest BCUT2D eigenvalue weighted by atomic mass is 10.2. The van der Waals surface area contributed by atoms with Gasteiger partial charge in [-0.1, -0.05) is 23.7 Å². The fourth-order valence-electron chi connectivity index (χ4n) is 2.26. The summed E-state index contributed by atoms with van der Waals surface area (Å²) in [6, 6.07) is 10.6. The van der Waals surface area contributed by atoms with Crippen LogP contribution in [0.4, 0.5) is 19.1 Å². The minimum absolute atomic E-state index is 0. The molecule has 0 aliphatic rings. The Labute approximate surface area is 141 Å². The molecule has 3 aromatic rings. The first-order valence-electron chi connectivity index (χ1n) is 6.42. The minimum atomic E-state index is -4.40. The highest BCUT2D eigenvalue weighted by Crippen LogP contribution is 2.32. The number of halogens is 5. The standard InChI is InChI=1S/C15H11ClF3N3.ClH/c16-11-4-1-9(2-5-11)8-22-13-6-3-10(15(17,18)19)7-12(13)21-14(22)20;/h1-7H,8H2,(H2,20,21);1H. The fourth-order valence-corrected chi connectivity index (χ4v) is 2.39. The van der Waals surface area contributed by atoms with E-state index in [1.807, 2.05) is 12.1 Å². The number of hydrogen-bond acceptors (Lipinski definition) is 2. The van der Waals surface area contributed by atoms with Crippen LogP contribution in [0, 0.1) is 0 Å². The van der Waals surface area contributed by atoms with Crippen molar-refractivity contribution in [3.8, 4) is 0 Å². The number of nitrogen functional groups attached to an aromatic ring is 1. The second kappa shape index (κ2) is 6.29. The molecule has 2 aromatic carbocycles. The number of nitrogens with two attached hydrogens (primary N) is 1. The van der Waals surface area contributed by atoms with Crippen molar-refractivity contribution in [2.75, 3.05) is 5.73 Å². The lowest BCUT2D eigenvalue weighted by Crippen LogP contribution is -2.05. The van der Waals surface area contributed by atoms with Gasteiger partial charge in [-0.3, -0.25) is 0 Å². The van der Waals surface area contributed by atoms with E-state index in [0.29, 0.717) is 17.1 Å². The van der Waals surface area contributed by atoms with Crippen LogP contribution in [-0.4, -0.2) is 9.55 Å². The lowest BCUT2D eigenvalue weighted by molar-refractivity contribution is -0.137.